The van der Waals surface area contributed by atoms with Gasteiger partial charge in [0.25, 0.3) is 5.91 Å². The molecule has 8 heteroatoms. The molecule has 130 valence electrons. The zero-order valence-corrected chi connectivity index (χ0v) is 13.2. The quantitative estimate of drug-likeness (QED) is 0.742. The van der Waals surface area contributed by atoms with Gasteiger partial charge in [-0.3, -0.25) is 9.59 Å². The first-order valence-electron chi connectivity index (χ1n) is 7.51. The van der Waals surface area contributed by atoms with Crippen LogP contribution in [0.25, 0.3) is 0 Å². The Morgan fingerprint density at radius 3 is 2.62 bits per heavy atom. The summed E-state index contributed by atoms with van der Waals surface area (Å²) < 4.78 is 17.4. The highest BCUT2D eigenvalue weighted by molar-refractivity contribution is 5.94. The Hall–Kier alpha value is -2.48. The van der Waals surface area contributed by atoms with E-state index in [2.05, 4.69) is 10.1 Å². The number of likely N-dealkylation sites (tertiary alicyclic amines) is 1. The zero-order chi connectivity index (χ0) is 17.7. The summed E-state index contributed by atoms with van der Waals surface area (Å²) in [6.45, 7) is 0.125. The molecule has 0 unspecified atom stereocenters. The normalized spacial score (nSPS) is 19.9. The lowest BCUT2D eigenvalue weighted by atomic mass is 10.2. The summed E-state index contributed by atoms with van der Waals surface area (Å²) in [6.07, 6.45) is -0.653. The standard InChI is InChI=1S/C16H19FN2O5/c1-24-16(23)13-8-12(20)9-19(13)14(21)6-7-18-15(22)10-2-4-11(17)5-3-10/h2-5,12-13,20H,6-9H2,1H3,(H,18,22)/t12-,13+/m1/s1. The van der Waals surface area contributed by atoms with Crippen LogP contribution in [0.15, 0.2) is 24.3 Å². The van der Waals surface area contributed by atoms with Gasteiger partial charge < -0.3 is 20.1 Å². The number of halogens is 1. The fourth-order valence-electron chi connectivity index (χ4n) is 2.58. The van der Waals surface area contributed by atoms with Gasteiger partial charge in [0.2, 0.25) is 5.91 Å². The molecule has 0 saturated carbocycles. The van der Waals surface area contributed by atoms with E-state index in [1.54, 1.807) is 0 Å². The highest BCUT2D eigenvalue weighted by atomic mass is 19.1. The van der Waals surface area contributed by atoms with E-state index in [0.717, 1.165) is 0 Å². The maximum atomic E-state index is 12.8. The number of carbonyl (C=O) groups is 3. The summed E-state index contributed by atoms with van der Waals surface area (Å²) in [4.78, 5) is 37.0. The Balaban J connectivity index is 1.85. The minimum absolute atomic E-state index is 0.0207. The molecule has 1 aliphatic heterocycles. The van der Waals surface area contributed by atoms with Crippen molar-refractivity contribution in [3.63, 3.8) is 0 Å². The second-order valence-electron chi connectivity index (χ2n) is 5.49. The minimum atomic E-state index is -0.801. The molecule has 0 bridgehead atoms. The van der Waals surface area contributed by atoms with Crippen LogP contribution in [-0.2, 0) is 14.3 Å². The van der Waals surface area contributed by atoms with E-state index in [1.807, 2.05) is 0 Å². The van der Waals surface area contributed by atoms with Gasteiger partial charge in [0.05, 0.1) is 13.2 Å². The van der Waals surface area contributed by atoms with Crippen LogP contribution in [0, 0.1) is 5.82 Å². The molecule has 1 heterocycles. The number of aliphatic hydroxyl groups excluding tert-OH is 1. The van der Waals surface area contributed by atoms with Crippen molar-refractivity contribution in [2.45, 2.75) is 25.0 Å². The van der Waals surface area contributed by atoms with Gasteiger partial charge in [-0.2, -0.15) is 0 Å². The summed E-state index contributed by atoms with van der Waals surface area (Å²) in [5.41, 5.74) is 0.285. The zero-order valence-electron chi connectivity index (χ0n) is 13.2. The van der Waals surface area contributed by atoms with Crippen molar-refractivity contribution in [3.05, 3.63) is 35.6 Å². The van der Waals surface area contributed by atoms with E-state index in [1.165, 1.54) is 36.3 Å². The van der Waals surface area contributed by atoms with Crippen molar-refractivity contribution in [1.82, 2.24) is 10.2 Å². The van der Waals surface area contributed by atoms with E-state index in [-0.39, 0.29) is 37.4 Å². The van der Waals surface area contributed by atoms with E-state index in [9.17, 15) is 23.9 Å². The van der Waals surface area contributed by atoms with Gasteiger partial charge in [0.15, 0.2) is 0 Å². The SMILES string of the molecule is COC(=O)[C@@H]1C[C@@H](O)CN1C(=O)CCNC(=O)c1ccc(F)cc1. The monoisotopic (exact) mass is 338 g/mol. The van der Waals surface area contributed by atoms with Crippen LogP contribution in [0.4, 0.5) is 4.39 Å². The first kappa shape index (κ1) is 17.9. The van der Waals surface area contributed by atoms with Crippen molar-refractivity contribution in [3.8, 4) is 0 Å². The average Bonchev–Trinajstić information content (AvgIpc) is 2.96. The number of amides is 2. The lowest BCUT2D eigenvalue weighted by Gasteiger charge is -2.22. The molecule has 1 aliphatic rings. The van der Waals surface area contributed by atoms with Crippen molar-refractivity contribution in [2.75, 3.05) is 20.2 Å². The van der Waals surface area contributed by atoms with Crippen molar-refractivity contribution < 1.29 is 28.6 Å². The number of ether oxygens (including phenoxy) is 1. The number of β-amino-alcohol motifs (C(OH)–C–C–N with tert-alkyl or cyclic N) is 1. The summed E-state index contributed by atoms with van der Waals surface area (Å²) in [5.74, 6) is -1.80. The highest BCUT2D eigenvalue weighted by Crippen LogP contribution is 2.19. The van der Waals surface area contributed by atoms with Crippen LogP contribution in [0.5, 0.6) is 0 Å². The number of nitrogens with zero attached hydrogens (tertiary/aromatic N) is 1. The van der Waals surface area contributed by atoms with Crippen molar-refractivity contribution in [2.24, 2.45) is 0 Å². The molecule has 0 spiro atoms. The maximum Gasteiger partial charge on any atom is 0.328 e. The molecule has 0 aliphatic carbocycles. The van der Waals surface area contributed by atoms with E-state index in [0.29, 0.717) is 0 Å². The second kappa shape index (κ2) is 7.87. The van der Waals surface area contributed by atoms with Crippen molar-refractivity contribution >= 4 is 17.8 Å². The summed E-state index contributed by atoms with van der Waals surface area (Å²) in [6, 6.07) is 4.23. The Labute approximate surface area is 138 Å². The topological polar surface area (TPSA) is 95.9 Å². The molecule has 1 saturated heterocycles. The van der Waals surface area contributed by atoms with E-state index in [4.69, 9.17) is 0 Å². The molecule has 1 aromatic carbocycles. The van der Waals surface area contributed by atoms with Gasteiger partial charge in [0, 0.05) is 31.5 Å². The lowest BCUT2D eigenvalue weighted by Crippen LogP contribution is -2.42. The van der Waals surface area contributed by atoms with E-state index < -0.39 is 29.8 Å². The molecule has 2 amide bonds. The molecular formula is C16H19FN2O5. The third-order valence-corrected chi connectivity index (χ3v) is 3.80. The summed E-state index contributed by atoms with van der Waals surface area (Å²) in [7, 11) is 1.22. The van der Waals surface area contributed by atoms with Gasteiger partial charge in [0.1, 0.15) is 11.9 Å². The minimum Gasteiger partial charge on any atom is -0.467 e. The Kier molecular flexibility index (Phi) is 5.86. The molecule has 2 N–H and O–H groups in total. The Morgan fingerprint density at radius 1 is 1.33 bits per heavy atom. The molecule has 24 heavy (non-hydrogen) atoms. The molecule has 1 aromatic rings. The van der Waals surface area contributed by atoms with Gasteiger partial charge in [-0.05, 0) is 24.3 Å². The van der Waals surface area contributed by atoms with Crippen LogP contribution in [0.3, 0.4) is 0 Å². The highest BCUT2D eigenvalue weighted by Gasteiger charge is 2.39. The second-order valence-corrected chi connectivity index (χ2v) is 5.49. The summed E-state index contributed by atoms with van der Waals surface area (Å²) >= 11 is 0. The first-order chi connectivity index (χ1) is 11.4. The van der Waals surface area contributed by atoms with Gasteiger partial charge >= 0.3 is 5.97 Å². The molecule has 1 fully saturated rings. The number of benzene rings is 1. The number of hydrogen-bond donors (Lipinski definition) is 2. The summed E-state index contributed by atoms with van der Waals surface area (Å²) in [5, 5.41) is 12.2. The molecule has 0 radical (unpaired) electrons. The number of carbonyl (C=O) groups excluding carboxylic acids is 3. The largest absolute Gasteiger partial charge is 0.467 e. The van der Waals surface area contributed by atoms with Crippen LogP contribution < -0.4 is 5.32 Å². The third-order valence-electron chi connectivity index (χ3n) is 3.80. The molecule has 0 aromatic heterocycles. The van der Waals surface area contributed by atoms with Crippen LogP contribution in [-0.4, -0.2) is 60.1 Å². The molecule has 2 atom stereocenters. The Morgan fingerprint density at radius 2 is 2.00 bits per heavy atom. The maximum absolute atomic E-state index is 12.8. The van der Waals surface area contributed by atoms with E-state index >= 15 is 0 Å². The van der Waals surface area contributed by atoms with Gasteiger partial charge in [-0.1, -0.05) is 0 Å². The molecular weight excluding hydrogens is 319 g/mol. The number of hydrogen-bond acceptors (Lipinski definition) is 5. The number of aliphatic hydroxyl groups is 1. The number of rotatable bonds is 5. The fourth-order valence-corrected chi connectivity index (χ4v) is 2.58. The number of methoxy groups -OCH3 is 1. The fraction of sp³-hybridized carbons (Fsp3) is 0.438. The number of esters is 1. The first-order valence-corrected chi connectivity index (χ1v) is 7.51. The predicted molar refractivity (Wildman–Crippen MR) is 81.5 cm³/mol. The molecule has 2 rings (SSSR count). The third kappa shape index (κ3) is 4.29. The smallest absolute Gasteiger partial charge is 0.328 e. The predicted octanol–water partition coefficient (Wildman–Crippen LogP) is 0.0804. The van der Waals surface area contributed by atoms with Crippen LogP contribution >= 0.6 is 0 Å². The Bertz CT molecular complexity index is 619. The van der Waals surface area contributed by atoms with Crippen LogP contribution in [0.2, 0.25) is 0 Å². The van der Waals surface area contributed by atoms with Crippen molar-refractivity contribution in [1.29, 1.82) is 0 Å². The average molecular weight is 338 g/mol. The molecule has 7 nitrogen and oxygen atoms in total. The lowest BCUT2D eigenvalue weighted by molar-refractivity contribution is -0.150. The number of nitrogens with one attached hydrogen (secondary N) is 1. The van der Waals surface area contributed by atoms with Gasteiger partial charge in [-0.15, -0.1) is 0 Å². The van der Waals surface area contributed by atoms with Crippen LogP contribution in [0.1, 0.15) is 23.2 Å². The van der Waals surface area contributed by atoms with Gasteiger partial charge in [-0.25, -0.2) is 9.18 Å².